The summed E-state index contributed by atoms with van der Waals surface area (Å²) in [5.41, 5.74) is 12.5. The normalized spacial score (nSPS) is 15.3. The predicted octanol–water partition coefficient (Wildman–Crippen LogP) is 8.41. The molecule has 5 rings (SSSR count). The Balaban J connectivity index is 1.57. The van der Waals surface area contributed by atoms with Gasteiger partial charge < -0.3 is 4.90 Å². The minimum absolute atomic E-state index is 0.342. The molecule has 2 heterocycles. The molecule has 1 unspecified atom stereocenters. The summed E-state index contributed by atoms with van der Waals surface area (Å²) in [4.78, 5) is 7.23. The van der Waals surface area contributed by atoms with Gasteiger partial charge in [0.15, 0.2) is 0 Å². The monoisotopic (exact) mass is 468 g/mol. The van der Waals surface area contributed by atoms with Gasteiger partial charge in [-0.3, -0.25) is 4.98 Å². The SMILES string of the molecule is C=C(c1ccccc1C1=CC(C)=CC(C)N1C)c1ccccc1-c1cc(C)c(-c2ccccc2)cn1. The number of hydrogen-bond donors (Lipinski definition) is 0. The molecule has 0 radical (unpaired) electrons. The first-order valence-electron chi connectivity index (χ1n) is 12.5. The van der Waals surface area contributed by atoms with Crippen LogP contribution in [0.15, 0.2) is 115 Å². The Hall–Kier alpha value is -4.17. The number of likely N-dealkylation sites (N-methyl/N-ethyl adjacent to an activating group) is 1. The standard InChI is InChI=1S/C34H32N2/c1-23-19-25(3)36(5)34(20-23)31-18-12-10-16-29(31)26(4)28-15-9-11-17-30(28)33-21-24(2)32(22-35-33)27-13-7-6-8-14-27/h6-22,25H,4H2,1-3,5H3. The van der Waals surface area contributed by atoms with Crippen LogP contribution >= 0.6 is 0 Å². The van der Waals surface area contributed by atoms with E-state index in [4.69, 9.17) is 4.98 Å². The maximum Gasteiger partial charge on any atom is 0.0711 e. The molecule has 3 aromatic carbocycles. The van der Waals surface area contributed by atoms with Crippen LogP contribution in [0.25, 0.3) is 33.7 Å². The van der Waals surface area contributed by atoms with E-state index >= 15 is 0 Å². The smallest absolute Gasteiger partial charge is 0.0711 e. The van der Waals surface area contributed by atoms with Gasteiger partial charge in [-0.15, -0.1) is 0 Å². The first-order chi connectivity index (χ1) is 17.4. The van der Waals surface area contributed by atoms with E-state index in [-0.39, 0.29) is 0 Å². The molecule has 1 aromatic heterocycles. The van der Waals surface area contributed by atoms with Crippen molar-refractivity contribution in [2.45, 2.75) is 26.8 Å². The van der Waals surface area contributed by atoms with Gasteiger partial charge in [-0.1, -0.05) is 97.1 Å². The molecule has 1 aliphatic heterocycles. The molecule has 2 nitrogen and oxygen atoms in total. The maximum absolute atomic E-state index is 4.90. The van der Waals surface area contributed by atoms with Gasteiger partial charge in [0, 0.05) is 41.7 Å². The second-order valence-electron chi connectivity index (χ2n) is 9.61. The van der Waals surface area contributed by atoms with Crippen molar-refractivity contribution in [2.24, 2.45) is 0 Å². The lowest BCUT2D eigenvalue weighted by Crippen LogP contribution is -2.29. The molecule has 0 amide bonds. The second-order valence-corrected chi connectivity index (χ2v) is 9.61. The van der Waals surface area contributed by atoms with Crippen LogP contribution in [0.5, 0.6) is 0 Å². The molecule has 0 aliphatic carbocycles. The summed E-state index contributed by atoms with van der Waals surface area (Å²) in [5.74, 6) is 0. The van der Waals surface area contributed by atoms with Gasteiger partial charge in [0.05, 0.1) is 5.69 Å². The number of aryl methyl sites for hydroxylation is 1. The zero-order chi connectivity index (χ0) is 25.2. The van der Waals surface area contributed by atoms with Gasteiger partial charge in [-0.25, -0.2) is 0 Å². The third-order valence-electron chi connectivity index (χ3n) is 7.11. The van der Waals surface area contributed by atoms with Gasteiger partial charge in [-0.05, 0) is 60.7 Å². The summed E-state index contributed by atoms with van der Waals surface area (Å²) < 4.78 is 0. The summed E-state index contributed by atoms with van der Waals surface area (Å²) >= 11 is 0. The molecule has 178 valence electrons. The average molecular weight is 469 g/mol. The summed E-state index contributed by atoms with van der Waals surface area (Å²) in [6.07, 6.45) is 6.56. The van der Waals surface area contributed by atoms with Crippen molar-refractivity contribution in [3.8, 4) is 22.4 Å². The summed E-state index contributed by atoms with van der Waals surface area (Å²) in [7, 11) is 2.16. The van der Waals surface area contributed by atoms with E-state index in [2.05, 4.69) is 130 Å². The van der Waals surface area contributed by atoms with Crippen LogP contribution in [0.2, 0.25) is 0 Å². The van der Waals surface area contributed by atoms with Crippen molar-refractivity contribution in [1.29, 1.82) is 0 Å². The van der Waals surface area contributed by atoms with E-state index in [9.17, 15) is 0 Å². The van der Waals surface area contributed by atoms with E-state index in [0.717, 1.165) is 33.5 Å². The minimum atomic E-state index is 0.342. The van der Waals surface area contributed by atoms with Crippen LogP contribution in [-0.2, 0) is 0 Å². The highest BCUT2D eigenvalue weighted by Gasteiger charge is 2.21. The fourth-order valence-corrected chi connectivity index (χ4v) is 5.05. The highest BCUT2D eigenvalue weighted by Crippen LogP contribution is 2.37. The van der Waals surface area contributed by atoms with Gasteiger partial charge >= 0.3 is 0 Å². The van der Waals surface area contributed by atoms with Gasteiger partial charge in [0.1, 0.15) is 0 Å². The van der Waals surface area contributed by atoms with Gasteiger partial charge in [0.25, 0.3) is 0 Å². The highest BCUT2D eigenvalue weighted by atomic mass is 15.1. The Kier molecular flexibility index (Phi) is 6.43. The van der Waals surface area contributed by atoms with Crippen LogP contribution in [0, 0.1) is 6.92 Å². The van der Waals surface area contributed by atoms with Crippen molar-refractivity contribution in [1.82, 2.24) is 9.88 Å². The zero-order valence-electron chi connectivity index (χ0n) is 21.5. The largest absolute Gasteiger partial charge is 0.368 e. The Morgan fingerprint density at radius 3 is 2.11 bits per heavy atom. The Morgan fingerprint density at radius 2 is 1.42 bits per heavy atom. The maximum atomic E-state index is 4.90. The number of hydrogen-bond acceptors (Lipinski definition) is 2. The van der Waals surface area contributed by atoms with E-state index in [1.54, 1.807) is 0 Å². The first-order valence-corrected chi connectivity index (χ1v) is 12.5. The van der Waals surface area contributed by atoms with Crippen LogP contribution in [0.4, 0.5) is 0 Å². The lowest BCUT2D eigenvalue weighted by molar-refractivity contribution is 0.423. The topological polar surface area (TPSA) is 16.1 Å². The lowest BCUT2D eigenvalue weighted by atomic mass is 9.88. The fraction of sp³-hybridized carbons (Fsp3) is 0.147. The highest BCUT2D eigenvalue weighted by molar-refractivity contribution is 5.91. The molecule has 0 saturated carbocycles. The number of allylic oxidation sites excluding steroid dienone is 2. The number of benzene rings is 3. The third-order valence-corrected chi connectivity index (χ3v) is 7.11. The fourth-order valence-electron chi connectivity index (χ4n) is 5.05. The van der Waals surface area contributed by atoms with Crippen LogP contribution in [0.1, 0.15) is 36.1 Å². The molecule has 2 heteroatoms. The molecule has 0 spiro atoms. The first kappa shape index (κ1) is 23.6. The summed E-state index contributed by atoms with van der Waals surface area (Å²) in [6.45, 7) is 11.2. The Labute approximate surface area is 215 Å². The van der Waals surface area contributed by atoms with E-state index in [1.165, 1.54) is 28.0 Å². The third kappa shape index (κ3) is 4.43. The number of pyridine rings is 1. The predicted molar refractivity (Wildman–Crippen MR) is 153 cm³/mol. The van der Waals surface area contributed by atoms with Crippen LogP contribution < -0.4 is 0 Å². The molecular weight excluding hydrogens is 436 g/mol. The number of aromatic nitrogens is 1. The van der Waals surface area contributed by atoms with Crippen molar-refractivity contribution in [2.75, 3.05) is 7.05 Å². The molecule has 0 saturated heterocycles. The van der Waals surface area contributed by atoms with Gasteiger partial charge in [-0.2, -0.15) is 0 Å². The van der Waals surface area contributed by atoms with Crippen molar-refractivity contribution < 1.29 is 0 Å². The van der Waals surface area contributed by atoms with Crippen molar-refractivity contribution in [3.63, 3.8) is 0 Å². The Bertz CT molecular complexity index is 1490. The quantitative estimate of drug-likeness (QED) is 0.292. The van der Waals surface area contributed by atoms with E-state index in [1.807, 2.05) is 12.3 Å². The zero-order valence-corrected chi connectivity index (χ0v) is 21.5. The van der Waals surface area contributed by atoms with Crippen LogP contribution in [0.3, 0.4) is 0 Å². The molecule has 1 atom stereocenters. The molecule has 1 aliphatic rings. The summed E-state index contributed by atoms with van der Waals surface area (Å²) in [6, 6.07) is 30.0. The minimum Gasteiger partial charge on any atom is -0.368 e. The van der Waals surface area contributed by atoms with Crippen LogP contribution in [-0.4, -0.2) is 23.0 Å². The molecule has 36 heavy (non-hydrogen) atoms. The molecule has 0 N–H and O–H groups in total. The molecule has 0 fully saturated rings. The van der Waals surface area contributed by atoms with Crippen molar-refractivity contribution in [3.05, 3.63) is 138 Å². The lowest BCUT2D eigenvalue weighted by Gasteiger charge is -2.32. The van der Waals surface area contributed by atoms with E-state index < -0.39 is 0 Å². The molecule has 4 aromatic rings. The number of rotatable bonds is 5. The Morgan fingerprint density at radius 1 is 0.806 bits per heavy atom. The molecule has 0 bridgehead atoms. The second kappa shape index (κ2) is 9.83. The molecular formula is C34H32N2. The number of nitrogens with zero attached hydrogens (tertiary/aromatic N) is 2. The average Bonchev–Trinajstić information content (AvgIpc) is 2.91. The summed E-state index contributed by atoms with van der Waals surface area (Å²) in [5, 5.41) is 0. The van der Waals surface area contributed by atoms with E-state index in [0.29, 0.717) is 6.04 Å². The van der Waals surface area contributed by atoms with Crippen molar-refractivity contribution >= 4 is 11.3 Å². The van der Waals surface area contributed by atoms with Gasteiger partial charge in [0.2, 0.25) is 0 Å².